The molecule has 2 aromatic rings. The van der Waals surface area contributed by atoms with Crippen LogP contribution in [0.2, 0.25) is 0 Å². The van der Waals surface area contributed by atoms with Crippen LogP contribution < -0.4 is 14.8 Å². The number of nitrogens with zero attached hydrogens (tertiary/aromatic N) is 1. The summed E-state index contributed by atoms with van der Waals surface area (Å²) >= 11 is 0. The summed E-state index contributed by atoms with van der Waals surface area (Å²) in [6.45, 7) is 2.88. The van der Waals surface area contributed by atoms with E-state index in [-0.39, 0.29) is 17.2 Å². The summed E-state index contributed by atoms with van der Waals surface area (Å²) in [4.78, 5) is 12.5. The van der Waals surface area contributed by atoms with E-state index >= 15 is 0 Å². The van der Waals surface area contributed by atoms with Gasteiger partial charge in [0.05, 0.1) is 4.90 Å². The molecular weight excluding hydrogens is 380 g/mol. The number of carbonyl (C=O) groups excluding carboxylic acids is 1. The number of anilines is 1. The third kappa shape index (κ3) is 4.45. The summed E-state index contributed by atoms with van der Waals surface area (Å²) in [7, 11) is -0.614. The van der Waals surface area contributed by atoms with Gasteiger partial charge in [-0.1, -0.05) is 12.1 Å². The molecule has 0 bridgehead atoms. The predicted octanol–water partition coefficient (Wildman–Crippen LogP) is 2.59. The van der Waals surface area contributed by atoms with Gasteiger partial charge in [0.1, 0.15) is 13.2 Å². The van der Waals surface area contributed by atoms with E-state index in [9.17, 15) is 13.2 Å². The summed E-state index contributed by atoms with van der Waals surface area (Å²) in [5.74, 6) is 1.23. The lowest BCUT2D eigenvalue weighted by Gasteiger charge is -2.18. The van der Waals surface area contributed by atoms with Crippen LogP contribution in [0.3, 0.4) is 0 Å². The van der Waals surface area contributed by atoms with Gasteiger partial charge >= 0.3 is 0 Å². The zero-order valence-corrected chi connectivity index (χ0v) is 17.0. The molecule has 3 rings (SSSR count). The molecule has 150 valence electrons. The second-order valence-electron chi connectivity index (χ2n) is 6.79. The maximum atomic E-state index is 12.4. The van der Waals surface area contributed by atoms with E-state index in [0.29, 0.717) is 36.8 Å². The number of amides is 1. The average Bonchev–Trinajstić information content (AvgIpc) is 2.67. The minimum Gasteiger partial charge on any atom is -0.486 e. The van der Waals surface area contributed by atoms with Gasteiger partial charge in [0.25, 0.3) is 0 Å². The molecule has 7 nitrogen and oxygen atoms in total. The van der Waals surface area contributed by atoms with Crippen LogP contribution in [0.25, 0.3) is 0 Å². The fraction of sp³-hybridized carbons (Fsp3) is 0.350. The van der Waals surface area contributed by atoms with Gasteiger partial charge in [0, 0.05) is 26.2 Å². The molecule has 1 amide bonds. The number of sulfonamides is 1. The first-order valence-corrected chi connectivity index (χ1v) is 10.4. The van der Waals surface area contributed by atoms with Crippen LogP contribution in [-0.4, -0.2) is 45.9 Å². The highest BCUT2D eigenvalue weighted by Gasteiger charge is 2.19. The minimum absolute atomic E-state index is 0.144. The number of aryl methyl sites for hydroxylation is 2. The zero-order chi connectivity index (χ0) is 20.3. The molecule has 0 fully saturated rings. The molecule has 1 N–H and O–H groups in total. The minimum atomic E-state index is -3.56. The van der Waals surface area contributed by atoms with Crippen molar-refractivity contribution in [2.45, 2.75) is 24.7 Å². The molecule has 0 spiro atoms. The number of ether oxygens (including phenoxy) is 2. The number of benzene rings is 2. The quantitative estimate of drug-likeness (QED) is 0.800. The summed E-state index contributed by atoms with van der Waals surface area (Å²) in [5, 5.41) is 2.82. The third-order valence-corrected chi connectivity index (χ3v) is 6.32. The molecule has 0 aromatic heterocycles. The number of fused-ring (bicyclic) bond motifs is 1. The monoisotopic (exact) mass is 404 g/mol. The van der Waals surface area contributed by atoms with Crippen LogP contribution in [0.1, 0.15) is 17.5 Å². The molecule has 28 heavy (non-hydrogen) atoms. The lowest BCUT2D eigenvalue weighted by atomic mass is 10.1. The second kappa shape index (κ2) is 8.20. The fourth-order valence-electron chi connectivity index (χ4n) is 2.82. The predicted molar refractivity (Wildman–Crippen MR) is 106 cm³/mol. The van der Waals surface area contributed by atoms with Crippen molar-refractivity contribution in [3.05, 3.63) is 47.5 Å². The van der Waals surface area contributed by atoms with Crippen LogP contribution in [0, 0.1) is 6.92 Å². The first kappa shape index (κ1) is 20.2. The van der Waals surface area contributed by atoms with Crippen molar-refractivity contribution >= 4 is 21.6 Å². The molecule has 1 aliphatic rings. The molecular formula is C20H24N2O5S. The van der Waals surface area contributed by atoms with E-state index in [4.69, 9.17) is 9.47 Å². The Morgan fingerprint density at radius 2 is 1.79 bits per heavy atom. The summed E-state index contributed by atoms with van der Waals surface area (Å²) in [5.41, 5.74) is 2.26. The van der Waals surface area contributed by atoms with E-state index in [2.05, 4.69) is 5.32 Å². The van der Waals surface area contributed by atoms with Gasteiger partial charge < -0.3 is 14.8 Å². The molecule has 2 aromatic carbocycles. The molecule has 1 heterocycles. The van der Waals surface area contributed by atoms with Gasteiger partial charge in [-0.3, -0.25) is 4.79 Å². The van der Waals surface area contributed by atoms with E-state index < -0.39 is 10.0 Å². The van der Waals surface area contributed by atoms with Crippen molar-refractivity contribution in [1.82, 2.24) is 4.31 Å². The molecule has 1 aliphatic heterocycles. The van der Waals surface area contributed by atoms with Gasteiger partial charge in [0.2, 0.25) is 15.9 Å². The van der Waals surface area contributed by atoms with Gasteiger partial charge in [-0.25, -0.2) is 12.7 Å². The first-order valence-electron chi connectivity index (χ1n) is 8.99. The Balaban J connectivity index is 1.66. The zero-order valence-electron chi connectivity index (χ0n) is 16.2. The van der Waals surface area contributed by atoms with Crippen LogP contribution in [0.4, 0.5) is 5.69 Å². The molecule has 0 saturated heterocycles. The van der Waals surface area contributed by atoms with Crippen molar-refractivity contribution < 1.29 is 22.7 Å². The fourth-order valence-corrected chi connectivity index (χ4v) is 3.75. The van der Waals surface area contributed by atoms with Gasteiger partial charge in [-0.15, -0.1) is 0 Å². The summed E-state index contributed by atoms with van der Waals surface area (Å²) in [6, 6.07) is 10.4. The molecule has 0 radical (unpaired) electrons. The molecule has 0 atom stereocenters. The Labute approximate surface area is 165 Å². The Hall–Kier alpha value is -2.58. The van der Waals surface area contributed by atoms with Crippen molar-refractivity contribution in [3.8, 4) is 11.5 Å². The van der Waals surface area contributed by atoms with Crippen molar-refractivity contribution in [2.24, 2.45) is 0 Å². The number of nitrogens with one attached hydrogen (secondary N) is 1. The van der Waals surface area contributed by atoms with Crippen LogP contribution in [0.15, 0.2) is 41.3 Å². The Morgan fingerprint density at radius 1 is 1.07 bits per heavy atom. The van der Waals surface area contributed by atoms with Crippen molar-refractivity contribution in [3.63, 3.8) is 0 Å². The topological polar surface area (TPSA) is 84.9 Å². The van der Waals surface area contributed by atoms with Crippen LogP contribution >= 0.6 is 0 Å². The number of hydrogen-bond donors (Lipinski definition) is 1. The van der Waals surface area contributed by atoms with Crippen LogP contribution in [0.5, 0.6) is 11.5 Å². The number of rotatable bonds is 6. The van der Waals surface area contributed by atoms with Crippen molar-refractivity contribution in [1.29, 1.82) is 0 Å². The Kier molecular flexibility index (Phi) is 5.90. The second-order valence-corrected chi connectivity index (χ2v) is 8.94. The molecule has 8 heteroatoms. The SMILES string of the molecule is Cc1ccc(S(=O)(=O)N(C)C)cc1NC(=O)CCc1ccc2c(c1)OCCO2. The molecule has 0 aliphatic carbocycles. The van der Waals surface area contributed by atoms with E-state index in [0.717, 1.165) is 15.4 Å². The highest BCUT2D eigenvalue weighted by molar-refractivity contribution is 7.89. The lowest BCUT2D eigenvalue weighted by molar-refractivity contribution is -0.116. The van der Waals surface area contributed by atoms with Crippen molar-refractivity contribution in [2.75, 3.05) is 32.6 Å². The maximum absolute atomic E-state index is 12.4. The standard InChI is InChI=1S/C20H24N2O5S/c1-14-4-7-16(28(24,25)22(2)3)13-17(14)21-20(23)9-6-15-5-8-18-19(12-15)27-11-10-26-18/h4-5,7-8,12-13H,6,9-11H2,1-3H3,(H,21,23). The third-order valence-electron chi connectivity index (χ3n) is 4.51. The number of hydrogen-bond acceptors (Lipinski definition) is 5. The largest absolute Gasteiger partial charge is 0.486 e. The maximum Gasteiger partial charge on any atom is 0.242 e. The van der Waals surface area contributed by atoms with Gasteiger partial charge in [-0.2, -0.15) is 0 Å². The van der Waals surface area contributed by atoms with Gasteiger partial charge in [0.15, 0.2) is 11.5 Å². The smallest absolute Gasteiger partial charge is 0.242 e. The normalized spacial score (nSPS) is 13.4. The van der Waals surface area contributed by atoms with Gasteiger partial charge in [-0.05, 0) is 48.7 Å². The van der Waals surface area contributed by atoms with E-state index in [1.165, 1.54) is 26.2 Å². The lowest BCUT2D eigenvalue weighted by Crippen LogP contribution is -2.22. The van der Waals surface area contributed by atoms with E-state index in [1.54, 1.807) is 6.07 Å². The van der Waals surface area contributed by atoms with Crippen LogP contribution in [-0.2, 0) is 21.2 Å². The summed E-state index contributed by atoms with van der Waals surface area (Å²) in [6.07, 6.45) is 0.806. The Morgan fingerprint density at radius 3 is 2.50 bits per heavy atom. The van der Waals surface area contributed by atoms with E-state index in [1.807, 2.05) is 25.1 Å². The highest BCUT2D eigenvalue weighted by Crippen LogP contribution is 2.31. The highest BCUT2D eigenvalue weighted by atomic mass is 32.2. The number of carbonyl (C=O) groups is 1. The molecule has 0 unspecified atom stereocenters. The Bertz CT molecular complexity index is 986. The average molecular weight is 404 g/mol. The summed E-state index contributed by atoms with van der Waals surface area (Å²) < 4.78 is 36.8. The first-order chi connectivity index (χ1) is 13.3. The molecule has 0 saturated carbocycles.